The fourth-order valence-electron chi connectivity index (χ4n) is 3.70. The molecule has 3 aromatic rings. The Kier molecular flexibility index (Phi) is 9.52. The minimum absolute atomic E-state index is 0.0124. The summed E-state index contributed by atoms with van der Waals surface area (Å²) >= 11 is 0. The molecule has 3 N–H and O–H groups in total. The summed E-state index contributed by atoms with van der Waals surface area (Å²) in [5.41, 5.74) is 8.77. The molecule has 0 saturated carbocycles. The molecule has 0 spiro atoms. The molecule has 0 heterocycles. The van der Waals surface area contributed by atoms with Gasteiger partial charge in [-0.25, -0.2) is 8.42 Å². The van der Waals surface area contributed by atoms with Crippen LogP contribution in [0.4, 0.5) is 5.69 Å². The number of ether oxygens (including phenoxy) is 2. The van der Waals surface area contributed by atoms with E-state index in [2.05, 4.69) is 11.8 Å². The lowest BCUT2D eigenvalue weighted by Gasteiger charge is -2.26. The van der Waals surface area contributed by atoms with Crippen molar-refractivity contribution in [3.63, 3.8) is 0 Å². The Morgan fingerprint density at radius 1 is 1.03 bits per heavy atom. The first-order valence-electron chi connectivity index (χ1n) is 12.0. The zero-order valence-corrected chi connectivity index (χ0v) is 22.5. The minimum atomic E-state index is -3.93. The molecular formula is C29H31N3O5S. The van der Waals surface area contributed by atoms with Crippen LogP contribution in [-0.4, -0.2) is 40.0 Å². The highest BCUT2D eigenvalue weighted by Crippen LogP contribution is 2.29. The number of rotatable bonds is 10. The lowest BCUT2D eigenvalue weighted by atomic mass is 10.0. The van der Waals surface area contributed by atoms with Crippen molar-refractivity contribution >= 4 is 27.5 Å². The van der Waals surface area contributed by atoms with Gasteiger partial charge in [0.25, 0.3) is 10.0 Å². The quantitative estimate of drug-likeness (QED) is 0.175. The number of hydrogen-bond acceptors (Lipinski definition) is 6. The van der Waals surface area contributed by atoms with Crippen LogP contribution < -0.4 is 14.8 Å². The van der Waals surface area contributed by atoms with Crippen LogP contribution >= 0.6 is 0 Å². The van der Waals surface area contributed by atoms with Crippen LogP contribution in [0.5, 0.6) is 5.75 Å². The van der Waals surface area contributed by atoms with Gasteiger partial charge >= 0.3 is 5.97 Å². The van der Waals surface area contributed by atoms with Crippen LogP contribution in [0.25, 0.3) is 0 Å². The van der Waals surface area contributed by atoms with Gasteiger partial charge in [-0.1, -0.05) is 30.0 Å². The van der Waals surface area contributed by atoms with Crippen LogP contribution in [-0.2, 0) is 19.6 Å². The van der Waals surface area contributed by atoms with Crippen molar-refractivity contribution in [2.75, 3.05) is 24.1 Å². The fourth-order valence-corrected chi connectivity index (χ4v) is 5.24. The van der Waals surface area contributed by atoms with Crippen molar-refractivity contribution in [3.05, 3.63) is 89.0 Å². The molecule has 0 aliphatic heterocycles. The summed E-state index contributed by atoms with van der Waals surface area (Å²) in [5.74, 6) is 6.20. The molecule has 8 nitrogen and oxygen atoms in total. The maximum atomic E-state index is 13.6. The van der Waals surface area contributed by atoms with Crippen LogP contribution in [0.3, 0.4) is 0 Å². The molecule has 3 aromatic carbocycles. The first-order chi connectivity index (χ1) is 18.1. The zero-order valence-electron chi connectivity index (χ0n) is 21.7. The van der Waals surface area contributed by atoms with Gasteiger partial charge in [0.2, 0.25) is 0 Å². The zero-order chi connectivity index (χ0) is 27.7. The number of amidine groups is 1. The summed E-state index contributed by atoms with van der Waals surface area (Å²) in [6.45, 7) is 5.69. The first kappa shape index (κ1) is 28.3. The standard InChI is InChI=1S/C29H31N3O5S/c1-4-36-28(33)16-17-32(38(34,35)26-10-6-5-7-11-26)27-20-21(2)24(19-22(27)3)9-8-18-37-25-14-12-23(13-15-25)29(30)31/h5-7,10-15,19-20H,4,16-18H2,1-3H3,(H3,30,31). The van der Waals surface area contributed by atoms with Crippen molar-refractivity contribution in [2.45, 2.75) is 32.1 Å². The largest absolute Gasteiger partial charge is 0.481 e. The van der Waals surface area contributed by atoms with E-state index in [1.165, 1.54) is 16.4 Å². The smallest absolute Gasteiger partial charge is 0.307 e. The molecule has 3 rings (SSSR count). The molecular weight excluding hydrogens is 502 g/mol. The lowest BCUT2D eigenvalue weighted by Crippen LogP contribution is -2.34. The third-order valence-electron chi connectivity index (χ3n) is 5.67. The molecule has 0 bridgehead atoms. The number of hydrogen-bond donors (Lipinski definition) is 2. The highest BCUT2D eigenvalue weighted by atomic mass is 32.2. The number of carbonyl (C=O) groups excluding carboxylic acids is 1. The molecule has 198 valence electrons. The maximum absolute atomic E-state index is 13.6. The highest BCUT2D eigenvalue weighted by molar-refractivity contribution is 7.92. The summed E-state index contributed by atoms with van der Waals surface area (Å²) in [4.78, 5) is 12.2. The van der Waals surface area contributed by atoms with E-state index in [0.717, 1.165) is 11.1 Å². The molecule has 0 atom stereocenters. The summed E-state index contributed by atoms with van der Waals surface area (Å²) < 4.78 is 39.1. The molecule has 0 aliphatic carbocycles. The number of aryl methyl sites for hydroxylation is 2. The van der Waals surface area contributed by atoms with Gasteiger partial charge in [0.05, 0.1) is 23.6 Å². The fraction of sp³-hybridized carbons (Fsp3) is 0.241. The van der Waals surface area contributed by atoms with E-state index >= 15 is 0 Å². The number of nitrogens with zero attached hydrogens (tertiary/aromatic N) is 1. The van der Waals surface area contributed by atoms with Gasteiger partial charge in [-0.15, -0.1) is 0 Å². The van der Waals surface area contributed by atoms with Gasteiger partial charge in [-0.2, -0.15) is 0 Å². The number of nitrogen functional groups attached to an aromatic ring is 1. The molecule has 0 fully saturated rings. The van der Waals surface area contributed by atoms with Crippen LogP contribution in [0, 0.1) is 31.1 Å². The second-order valence-corrected chi connectivity index (χ2v) is 10.3. The van der Waals surface area contributed by atoms with E-state index in [1.54, 1.807) is 55.5 Å². The molecule has 0 aromatic heterocycles. The van der Waals surface area contributed by atoms with E-state index in [9.17, 15) is 13.2 Å². The van der Waals surface area contributed by atoms with Gasteiger partial charge in [-0.3, -0.25) is 14.5 Å². The predicted molar refractivity (Wildman–Crippen MR) is 148 cm³/mol. The lowest BCUT2D eigenvalue weighted by molar-refractivity contribution is -0.142. The SMILES string of the molecule is CCOC(=O)CCN(c1cc(C)c(C#CCOc2ccc(C(=N)N)cc2)cc1C)S(=O)(=O)c1ccccc1. The predicted octanol–water partition coefficient (Wildman–Crippen LogP) is 4.17. The maximum Gasteiger partial charge on any atom is 0.307 e. The number of anilines is 1. The second kappa shape index (κ2) is 12.8. The number of nitrogens with one attached hydrogen (secondary N) is 1. The third kappa shape index (κ3) is 7.14. The van der Waals surface area contributed by atoms with Crippen molar-refractivity contribution in [3.8, 4) is 17.6 Å². The Hall–Kier alpha value is -4.29. The molecule has 0 radical (unpaired) electrons. The number of esters is 1. The second-order valence-electron chi connectivity index (χ2n) is 8.43. The first-order valence-corrected chi connectivity index (χ1v) is 13.5. The van der Waals surface area contributed by atoms with Gasteiger partial charge in [0.15, 0.2) is 0 Å². The number of sulfonamides is 1. The van der Waals surface area contributed by atoms with Gasteiger partial charge in [0.1, 0.15) is 18.2 Å². The van der Waals surface area contributed by atoms with Crippen molar-refractivity contribution in [1.82, 2.24) is 0 Å². The van der Waals surface area contributed by atoms with Crippen LogP contribution in [0.2, 0.25) is 0 Å². The number of carbonyl (C=O) groups is 1. The third-order valence-corrected chi connectivity index (χ3v) is 7.49. The average molecular weight is 534 g/mol. The van der Waals surface area contributed by atoms with Crippen LogP contribution in [0.15, 0.2) is 71.6 Å². The van der Waals surface area contributed by atoms with E-state index < -0.39 is 16.0 Å². The summed E-state index contributed by atoms with van der Waals surface area (Å²) in [6, 6.07) is 18.6. The van der Waals surface area contributed by atoms with Crippen molar-refractivity contribution < 1.29 is 22.7 Å². The molecule has 9 heteroatoms. The Morgan fingerprint density at radius 3 is 2.34 bits per heavy atom. The van der Waals surface area contributed by atoms with Crippen molar-refractivity contribution in [1.29, 1.82) is 5.41 Å². The van der Waals surface area contributed by atoms with Crippen LogP contribution in [0.1, 0.15) is 35.6 Å². The van der Waals surface area contributed by atoms with E-state index in [0.29, 0.717) is 22.6 Å². The van der Waals surface area contributed by atoms with E-state index in [-0.39, 0.29) is 36.9 Å². The minimum Gasteiger partial charge on any atom is -0.481 e. The molecule has 0 aliphatic rings. The number of nitrogens with two attached hydrogens (primary N) is 1. The van der Waals surface area contributed by atoms with Gasteiger partial charge < -0.3 is 15.2 Å². The average Bonchev–Trinajstić information content (AvgIpc) is 2.89. The molecule has 38 heavy (non-hydrogen) atoms. The van der Waals surface area contributed by atoms with Gasteiger partial charge in [-0.05, 0) is 80.4 Å². The summed E-state index contributed by atoms with van der Waals surface area (Å²) in [6.07, 6.45) is -0.0787. The molecule has 0 saturated heterocycles. The van der Waals surface area contributed by atoms with Crippen molar-refractivity contribution in [2.24, 2.45) is 5.73 Å². The Bertz CT molecular complexity index is 1460. The Balaban J connectivity index is 1.84. The summed E-state index contributed by atoms with van der Waals surface area (Å²) in [7, 11) is -3.93. The Labute approximate surface area is 223 Å². The normalized spacial score (nSPS) is 10.7. The molecule has 0 amide bonds. The summed E-state index contributed by atoms with van der Waals surface area (Å²) in [5, 5.41) is 7.44. The van der Waals surface area contributed by atoms with E-state index in [1.807, 2.05) is 19.9 Å². The van der Waals surface area contributed by atoms with E-state index in [4.69, 9.17) is 20.6 Å². The number of benzene rings is 3. The monoisotopic (exact) mass is 533 g/mol. The molecule has 0 unspecified atom stereocenters. The highest BCUT2D eigenvalue weighted by Gasteiger charge is 2.27. The van der Waals surface area contributed by atoms with Gasteiger partial charge in [0, 0.05) is 17.7 Å². The topological polar surface area (TPSA) is 123 Å². The Morgan fingerprint density at radius 2 is 1.71 bits per heavy atom.